The SMILES string of the molecule is COC(=O)C1=C(CCl)NC(=O)NC1c1ccc(OC)cc1. The molecule has 21 heavy (non-hydrogen) atoms. The first-order valence-corrected chi connectivity index (χ1v) is 6.73. The molecule has 112 valence electrons. The number of nitrogens with one attached hydrogen (secondary N) is 2. The maximum absolute atomic E-state index is 12.0. The average molecular weight is 311 g/mol. The molecule has 1 heterocycles. The molecule has 0 aliphatic carbocycles. The summed E-state index contributed by atoms with van der Waals surface area (Å²) in [5.74, 6) is 0.143. The Morgan fingerprint density at radius 1 is 1.29 bits per heavy atom. The fourth-order valence-electron chi connectivity index (χ4n) is 2.12. The van der Waals surface area contributed by atoms with Crippen LogP contribution in [0.1, 0.15) is 11.6 Å². The average Bonchev–Trinajstić information content (AvgIpc) is 2.53. The van der Waals surface area contributed by atoms with Crippen molar-refractivity contribution in [2.24, 2.45) is 0 Å². The van der Waals surface area contributed by atoms with Crippen molar-refractivity contribution in [3.05, 3.63) is 41.1 Å². The highest BCUT2D eigenvalue weighted by molar-refractivity contribution is 6.20. The first-order chi connectivity index (χ1) is 10.1. The lowest BCUT2D eigenvalue weighted by atomic mass is 9.95. The second-order valence-corrected chi connectivity index (χ2v) is 4.59. The van der Waals surface area contributed by atoms with Crippen molar-refractivity contribution < 1.29 is 19.1 Å². The number of urea groups is 1. The van der Waals surface area contributed by atoms with Gasteiger partial charge in [0.05, 0.1) is 31.7 Å². The zero-order valence-corrected chi connectivity index (χ0v) is 12.4. The maximum atomic E-state index is 12.0. The van der Waals surface area contributed by atoms with Gasteiger partial charge in [0, 0.05) is 5.70 Å². The van der Waals surface area contributed by atoms with Crippen LogP contribution >= 0.6 is 11.6 Å². The van der Waals surface area contributed by atoms with Gasteiger partial charge in [-0.25, -0.2) is 9.59 Å². The molecule has 2 rings (SSSR count). The summed E-state index contributed by atoms with van der Waals surface area (Å²) in [5.41, 5.74) is 1.36. The summed E-state index contributed by atoms with van der Waals surface area (Å²) < 4.78 is 9.87. The second-order valence-electron chi connectivity index (χ2n) is 4.32. The molecule has 1 unspecified atom stereocenters. The predicted octanol–water partition coefficient (Wildman–Crippen LogP) is 1.71. The van der Waals surface area contributed by atoms with Crippen molar-refractivity contribution in [1.82, 2.24) is 10.6 Å². The van der Waals surface area contributed by atoms with Crippen molar-refractivity contribution in [3.8, 4) is 5.75 Å². The monoisotopic (exact) mass is 310 g/mol. The Hall–Kier alpha value is -2.21. The van der Waals surface area contributed by atoms with Crippen LogP contribution in [0.25, 0.3) is 0 Å². The van der Waals surface area contributed by atoms with Gasteiger partial charge in [-0.05, 0) is 17.7 Å². The van der Waals surface area contributed by atoms with E-state index in [1.807, 2.05) is 0 Å². The Morgan fingerprint density at radius 2 is 1.95 bits per heavy atom. The van der Waals surface area contributed by atoms with Gasteiger partial charge in [-0.15, -0.1) is 11.6 Å². The topological polar surface area (TPSA) is 76.7 Å². The smallest absolute Gasteiger partial charge is 0.338 e. The van der Waals surface area contributed by atoms with Crippen LogP contribution in [-0.4, -0.2) is 32.1 Å². The number of alkyl halides is 1. The molecular weight excluding hydrogens is 296 g/mol. The molecule has 1 aliphatic rings. The number of benzene rings is 1. The molecule has 2 amide bonds. The van der Waals surface area contributed by atoms with Gasteiger partial charge < -0.3 is 20.1 Å². The Kier molecular flexibility index (Phi) is 4.70. The van der Waals surface area contributed by atoms with Crippen molar-refractivity contribution in [3.63, 3.8) is 0 Å². The number of esters is 1. The summed E-state index contributed by atoms with van der Waals surface area (Å²) >= 11 is 5.81. The quantitative estimate of drug-likeness (QED) is 0.656. The van der Waals surface area contributed by atoms with Crippen molar-refractivity contribution in [1.29, 1.82) is 0 Å². The van der Waals surface area contributed by atoms with Gasteiger partial charge in [-0.1, -0.05) is 12.1 Å². The standard InChI is InChI=1S/C14H15ClN2O4/c1-20-9-5-3-8(4-6-9)12-11(13(18)21-2)10(7-15)16-14(19)17-12/h3-6,12H,7H2,1-2H3,(H2,16,17,19). The van der Waals surface area contributed by atoms with Gasteiger partial charge in [0.2, 0.25) is 0 Å². The van der Waals surface area contributed by atoms with Gasteiger partial charge in [0.1, 0.15) is 5.75 Å². The molecule has 1 atom stereocenters. The molecule has 6 nitrogen and oxygen atoms in total. The highest BCUT2D eigenvalue weighted by Gasteiger charge is 2.32. The summed E-state index contributed by atoms with van der Waals surface area (Å²) in [5, 5.41) is 5.22. The van der Waals surface area contributed by atoms with E-state index in [4.69, 9.17) is 21.1 Å². The van der Waals surface area contributed by atoms with E-state index in [-0.39, 0.29) is 11.5 Å². The minimum Gasteiger partial charge on any atom is -0.497 e. The third-order valence-corrected chi connectivity index (χ3v) is 3.41. The van der Waals surface area contributed by atoms with Crippen LogP contribution in [0.3, 0.4) is 0 Å². The normalized spacial score (nSPS) is 17.9. The fourth-order valence-corrected chi connectivity index (χ4v) is 2.33. The van der Waals surface area contributed by atoms with Crippen molar-refractivity contribution in [2.75, 3.05) is 20.1 Å². The van der Waals surface area contributed by atoms with Crippen LogP contribution in [0.4, 0.5) is 4.79 Å². The molecule has 1 aromatic rings. The van der Waals surface area contributed by atoms with Crippen LogP contribution < -0.4 is 15.4 Å². The van der Waals surface area contributed by atoms with Gasteiger partial charge in [-0.3, -0.25) is 0 Å². The maximum Gasteiger partial charge on any atom is 0.338 e. The molecular formula is C14H15ClN2O4. The number of halogens is 1. The number of carbonyl (C=O) groups is 2. The molecule has 2 N–H and O–H groups in total. The molecule has 1 aromatic carbocycles. The van der Waals surface area contributed by atoms with E-state index in [9.17, 15) is 9.59 Å². The first-order valence-electron chi connectivity index (χ1n) is 6.19. The number of methoxy groups -OCH3 is 2. The molecule has 0 saturated carbocycles. The zero-order chi connectivity index (χ0) is 15.4. The van der Waals surface area contributed by atoms with Crippen LogP contribution in [0.15, 0.2) is 35.5 Å². The number of carbonyl (C=O) groups excluding carboxylic acids is 2. The molecule has 0 aromatic heterocycles. The molecule has 7 heteroatoms. The van der Waals surface area contributed by atoms with Gasteiger partial charge >= 0.3 is 12.0 Å². The highest BCUT2D eigenvalue weighted by atomic mass is 35.5. The van der Waals surface area contributed by atoms with E-state index in [0.29, 0.717) is 11.4 Å². The van der Waals surface area contributed by atoms with E-state index < -0.39 is 18.0 Å². The Labute approximate surface area is 127 Å². The number of rotatable bonds is 4. The van der Waals surface area contributed by atoms with Crippen LogP contribution in [0, 0.1) is 0 Å². The van der Waals surface area contributed by atoms with E-state index in [2.05, 4.69) is 10.6 Å². The van der Waals surface area contributed by atoms with Crippen LogP contribution in [-0.2, 0) is 9.53 Å². The van der Waals surface area contributed by atoms with E-state index >= 15 is 0 Å². The zero-order valence-electron chi connectivity index (χ0n) is 11.6. The lowest BCUT2D eigenvalue weighted by Crippen LogP contribution is -2.46. The van der Waals surface area contributed by atoms with Gasteiger partial charge in [-0.2, -0.15) is 0 Å². The first kappa shape index (κ1) is 15.2. The van der Waals surface area contributed by atoms with Crippen LogP contribution in [0.2, 0.25) is 0 Å². The number of amides is 2. The lowest BCUT2D eigenvalue weighted by molar-refractivity contribution is -0.136. The molecule has 1 aliphatic heterocycles. The third kappa shape index (κ3) is 3.11. The molecule has 0 spiro atoms. The fraction of sp³-hybridized carbons (Fsp3) is 0.286. The molecule has 0 bridgehead atoms. The summed E-state index contributed by atoms with van der Waals surface area (Å²) in [4.78, 5) is 23.7. The highest BCUT2D eigenvalue weighted by Crippen LogP contribution is 2.29. The number of allylic oxidation sites excluding steroid dienone is 1. The third-order valence-electron chi connectivity index (χ3n) is 3.14. The van der Waals surface area contributed by atoms with E-state index in [0.717, 1.165) is 5.56 Å². The van der Waals surface area contributed by atoms with E-state index in [1.54, 1.807) is 31.4 Å². The summed E-state index contributed by atoms with van der Waals surface area (Å²) in [6.07, 6.45) is 0. The molecule has 0 fully saturated rings. The summed E-state index contributed by atoms with van der Waals surface area (Å²) in [6, 6.07) is 6.00. The predicted molar refractivity (Wildman–Crippen MR) is 77.2 cm³/mol. The van der Waals surface area contributed by atoms with Crippen molar-refractivity contribution >= 4 is 23.6 Å². The molecule has 0 radical (unpaired) electrons. The Bertz CT molecular complexity index is 583. The van der Waals surface area contributed by atoms with Gasteiger partial charge in [0.15, 0.2) is 0 Å². The van der Waals surface area contributed by atoms with Crippen LogP contribution in [0.5, 0.6) is 5.75 Å². The lowest BCUT2D eigenvalue weighted by Gasteiger charge is -2.28. The number of ether oxygens (including phenoxy) is 2. The minimum absolute atomic E-state index is 0.00447. The second kappa shape index (κ2) is 6.49. The molecule has 0 saturated heterocycles. The number of hydrogen-bond donors (Lipinski definition) is 2. The van der Waals surface area contributed by atoms with Crippen molar-refractivity contribution in [2.45, 2.75) is 6.04 Å². The van der Waals surface area contributed by atoms with Gasteiger partial charge in [0.25, 0.3) is 0 Å². The Morgan fingerprint density at radius 3 is 2.48 bits per heavy atom. The number of hydrogen-bond acceptors (Lipinski definition) is 4. The largest absolute Gasteiger partial charge is 0.497 e. The van der Waals surface area contributed by atoms with E-state index in [1.165, 1.54) is 7.11 Å². The minimum atomic E-state index is -0.620. The summed E-state index contributed by atoms with van der Waals surface area (Å²) in [7, 11) is 2.84. The Balaban J connectivity index is 2.46. The summed E-state index contributed by atoms with van der Waals surface area (Å²) in [6.45, 7) is 0.